The molecule has 0 aliphatic carbocycles. The Hall–Kier alpha value is -1.07. The van der Waals surface area contributed by atoms with Crippen molar-refractivity contribution in [3.8, 4) is 0 Å². The summed E-state index contributed by atoms with van der Waals surface area (Å²) in [7, 11) is 0. The Kier molecular flexibility index (Phi) is 2.69. The predicted octanol–water partition coefficient (Wildman–Crippen LogP) is 1.99. The molecule has 0 spiro atoms. The van der Waals surface area contributed by atoms with Gasteiger partial charge in [0.05, 0.1) is 6.61 Å². The molecule has 0 fully saturated rings. The van der Waals surface area contributed by atoms with Crippen LogP contribution in [0.3, 0.4) is 0 Å². The quantitative estimate of drug-likeness (QED) is 0.882. The lowest BCUT2D eigenvalue weighted by Crippen LogP contribution is -2.05. The van der Waals surface area contributed by atoms with E-state index in [-0.39, 0.29) is 6.61 Å². The topological polar surface area (TPSA) is 58.3 Å². The molecule has 2 N–H and O–H groups in total. The molecule has 0 aliphatic heterocycles. The number of benzene rings is 1. The molecule has 2 aromatic rings. The van der Waals surface area contributed by atoms with Crippen molar-refractivity contribution in [1.82, 2.24) is 4.98 Å². The van der Waals surface area contributed by atoms with E-state index >= 15 is 0 Å². The van der Waals surface area contributed by atoms with E-state index in [1.54, 1.807) is 0 Å². The van der Waals surface area contributed by atoms with Crippen LogP contribution in [0.1, 0.15) is 0 Å². The van der Waals surface area contributed by atoms with Gasteiger partial charge in [0, 0.05) is 11.0 Å². The second-order valence-electron chi connectivity index (χ2n) is 2.78. The standard InChI is InChI=1S/C9H9BrN2O2/c10-6-1-2-8-7(5-6)12-9(14-8)11-3-4-13/h1-2,5,13H,3-4H2,(H,11,12). The van der Waals surface area contributed by atoms with E-state index in [4.69, 9.17) is 9.52 Å². The van der Waals surface area contributed by atoms with Crippen LogP contribution in [0.4, 0.5) is 6.01 Å². The van der Waals surface area contributed by atoms with E-state index in [0.717, 1.165) is 15.6 Å². The molecule has 0 amide bonds. The smallest absolute Gasteiger partial charge is 0.295 e. The van der Waals surface area contributed by atoms with Gasteiger partial charge in [-0.15, -0.1) is 0 Å². The molecule has 5 heteroatoms. The number of aliphatic hydroxyl groups is 1. The van der Waals surface area contributed by atoms with Crippen LogP contribution in [0, 0.1) is 0 Å². The number of aromatic nitrogens is 1. The first-order valence-corrected chi connectivity index (χ1v) is 5.00. The van der Waals surface area contributed by atoms with Crippen molar-refractivity contribution in [1.29, 1.82) is 0 Å². The summed E-state index contributed by atoms with van der Waals surface area (Å²) in [5.74, 6) is 0. The van der Waals surface area contributed by atoms with Crippen molar-refractivity contribution in [3.63, 3.8) is 0 Å². The van der Waals surface area contributed by atoms with Gasteiger partial charge in [0.2, 0.25) is 0 Å². The highest BCUT2D eigenvalue weighted by Crippen LogP contribution is 2.22. The van der Waals surface area contributed by atoms with Crippen molar-refractivity contribution in [3.05, 3.63) is 22.7 Å². The monoisotopic (exact) mass is 256 g/mol. The van der Waals surface area contributed by atoms with Crippen molar-refractivity contribution < 1.29 is 9.52 Å². The lowest BCUT2D eigenvalue weighted by atomic mass is 10.3. The molecule has 1 aromatic carbocycles. The zero-order valence-corrected chi connectivity index (χ0v) is 8.91. The van der Waals surface area contributed by atoms with Gasteiger partial charge in [0.25, 0.3) is 6.01 Å². The highest BCUT2D eigenvalue weighted by Gasteiger charge is 2.04. The highest BCUT2D eigenvalue weighted by atomic mass is 79.9. The summed E-state index contributed by atoms with van der Waals surface area (Å²) in [6.07, 6.45) is 0. The Morgan fingerprint density at radius 2 is 2.36 bits per heavy atom. The van der Waals surface area contributed by atoms with E-state index in [9.17, 15) is 0 Å². The van der Waals surface area contributed by atoms with Gasteiger partial charge in [0.1, 0.15) is 5.52 Å². The second kappa shape index (κ2) is 3.98. The minimum atomic E-state index is 0.0580. The Morgan fingerprint density at radius 1 is 1.50 bits per heavy atom. The maximum Gasteiger partial charge on any atom is 0.295 e. The molecule has 0 saturated carbocycles. The molecule has 2 rings (SSSR count). The van der Waals surface area contributed by atoms with E-state index in [1.807, 2.05) is 18.2 Å². The third-order valence-electron chi connectivity index (χ3n) is 1.74. The SMILES string of the molecule is OCCNc1nc2cc(Br)ccc2o1. The second-order valence-corrected chi connectivity index (χ2v) is 3.70. The summed E-state index contributed by atoms with van der Waals surface area (Å²) < 4.78 is 6.34. The highest BCUT2D eigenvalue weighted by molar-refractivity contribution is 9.10. The van der Waals surface area contributed by atoms with Crippen molar-refractivity contribution >= 4 is 33.0 Å². The van der Waals surface area contributed by atoms with Crippen LogP contribution < -0.4 is 5.32 Å². The summed E-state index contributed by atoms with van der Waals surface area (Å²) >= 11 is 3.35. The van der Waals surface area contributed by atoms with Gasteiger partial charge in [-0.2, -0.15) is 4.98 Å². The van der Waals surface area contributed by atoms with Gasteiger partial charge >= 0.3 is 0 Å². The van der Waals surface area contributed by atoms with Crippen LogP contribution >= 0.6 is 15.9 Å². The van der Waals surface area contributed by atoms with Crippen LogP contribution in [-0.4, -0.2) is 23.2 Å². The van der Waals surface area contributed by atoms with E-state index in [2.05, 4.69) is 26.2 Å². The third-order valence-corrected chi connectivity index (χ3v) is 2.23. The van der Waals surface area contributed by atoms with Crippen LogP contribution in [0.25, 0.3) is 11.1 Å². The molecule has 1 aromatic heterocycles. The number of fused-ring (bicyclic) bond motifs is 1. The normalized spacial score (nSPS) is 10.7. The molecule has 74 valence electrons. The van der Waals surface area contributed by atoms with Gasteiger partial charge < -0.3 is 14.8 Å². The molecular weight excluding hydrogens is 248 g/mol. The molecule has 0 unspecified atom stereocenters. The number of halogens is 1. The largest absolute Gasteiger partial charge is 0.424 e. The van der Waals surface area contributed by atoms with E-state index in [0.29, 0.717) is 12.6 Å². The van der Waals surface area contributed by atoms with Crippen LogP contribution in [0.2, 0.25) is 0 Å². The van der Waals surface area contributed by atoms with Gasteiger partial charge in [-0.05, 0) is 18.2 Å². The maximum absolute atomic E-state index is 8.61. The molecule has 4 nitrogen and oxygen atoms in total. The van der Waals surface area contributed by atoms with Gasteiger partial charge in [-0.1, -0.05) is 15.9 Å². The first kappa shape index (κ1) is 9.48. The lowest BCUT2D eigenvalue weighted by molar-refractivity contribution is 0.310. The molecule has 0 bridgehead atoms. The zero-order chi connectivity index (χ0) is 9.97. The summed E-state index contributed by atoms with van der Waals surface area (Å²) in [5, 5.41) is 11.5. The number of aliphatic hydroxyl groups excluding tert-OH is 1. The Morgan fingerprint density at radius 3 is 3.14 bits per heavy atom. The fourth-order valence-corrected chi connectivity index (χ4v) is 1.49. The minimum Gasteiger partial charge on any atom is -0.424 e. The Bertz CT molecular complexity index is 441. The number of hydrogen-bond acceptors (Lipinski definition) is 4. The predicted molar refractivity (Wildman–Crippen MR) is 57.3 cm³/mol. The van der Waals surface area contributed by atoms with Crippen molar-refractivity contribution in [2.24, 2.45) is 0 Å². The van der Waals surface area contributed by atoms with Crippen molar-refractivity contribution in [2.45, 2.75) is 0 Å². The first-order chi connectivity index (χ1) is 6.79. The number of rotatable bonds is 3. The maximum atomic E-state index is 8.61. The average molecular weight is 257 g/mol. The number of nitrogens with one attached hydrogen (secondary N) is 1. The first-order valence-electron chi connectivity index (χ1n) is 4.20. The number of anilines is 1. The molecular formula is C9H9BrN2O2. The number of hydrogen-bond donors (Lipinski definition) is 2. The average Bonchev–Trinajstić information content (AvgIpc) is 2.56. The summed E-state index contributed by atoms with van der Waals surface area (Å²) in [6, 6.07) is 6.05. The minimum absolute atomic E-state index is 0.0580. The van der Waals surface area contributed by atoms with Gasteiger partial charge in [-0.3, -0.25) is 0 Å². The molecule has 0 atom stereocenters. The number of oxazole rings is 1. The van der Waals surface area contributed by atoms with E-state index < -0.39 is 0 Å². The van der Waals surface area contributed by atoms with Gasteiger partial charge in [0.15, 0.2) is 5.58 Å². The summed E-state index contributed by atoms with van der Waals surface area (Å²) in [6.45, 7) is 0.496. The fourth-order valence-electron chi connectivity index (χ4n) is 1.14. The van der Waals surface area contributed by atoms with Gasteiger partial charge in [-0.25, -0.2) is 0 Å². The molecule has 1 heterocycles. The Balaban J connectivity index is 2.32. The fraction of sp³-hybridized carbons (Fsp3) is 0.222. The third kappa shape index (κ3) is 1.88. The molecule has 0 radical (unpaired) electrons. The number of nitrogens with zero attached hydrogens (tertiary/aromatic N) is 1. The Labute approximate surface area is 89.1 Å². The molecule has 0 saturated heterocycles. The van der Waals surface area contributed by atoms with Crippen LogP contribution in [-0.2, 0) is 0 Å². The summed E-state index contributed by atoms with van der Waals surface area (Å²) in [5.41, 5.74) is 1.52. The van der Waals surface area contributed by atoms with E-state index in [1.165, 1.54) is 0 Å². The lowest BCUT2D eigenvalue weighted by Gasteiger charge is -1.94. The van der Waals surface area contributed by atoms with Crippen LogP contribution in [0.5, 0.6) is 0 Å². The summed E-state index contributed by atoms with van der Waals surface area (Å²) in [4.78, 5) is 4.19. The molecule has 0 aliphatic rings. The van der Waals surface area contributed by atoms with Crippen molar-refractivity contribution in [2.75, 3.05) is 18.5 Å². The zero-order valence-electron chi connectivity index (χ0n) is 7.33. The molecule has 14 heavy (non-hydrogen) atoms. The van der Waals surface area contributed by atoms with Crippen LogP contribution in [0.15, 0.2) is 27.1 Å².